The van der Waals surface area contributed by atoms with Crippen LogP contribution in [0.1, 0.15) is 73.6 Å². The van der Waals surface area contributed by atoms with Crippen molar-refractivity contribution in [3.63, 3.8) is 0 Å². The summed E-state index contributed by atoms with van der Waals surface area (Å²) in [6.07, 6.45) is 8.85. The number of carbonyl (C=O) groups is 3. The Morgan fingerprint density at radius 3 is 2.40 bits per heavy atom. The quantitative estimate of drug-likeness (QED) is 0.179. The van der Waals surface area contributed by atoms with E-state index < -0.39 is 6.04 Å². The lowest BCUT2D eigenvalue weighted by atomic mass is 9.72. The zero-order valence-electron chi connectivity index (χ0n) is 31.0. The molecular formula is C40H56N4O6. The molecule has 3 N–H and O–H groups in total. The van der Waals surface area contributed by atoms with Gasteiger partial charge >= 0.3 is 6.03 Å². The molecule has 2 unspecified atom stereocenters. The summed E-state index contributed by atoms with van der Waals surface area (Å²) in [5, 5.41) is 13.9. The molecule has 1 aromatic heterocycles. The van der Waals surface area contributed by atoms with Crippen LogP contribution < -0.4 is 20.1 Å². The number of aromatic nitrogens is 1. The van der Waals surface area contributed by atoms with Gasteiger partial charge in [0, 0.05) is 49.1 Å². The second kappa shape index (κ2) is 18.4. The molecule has 5 rings (SSSR count). The molecule has 2 heterocycles. The molecule has 10 heteroatoms. The minimum absolute atomic E-state index is 0.0830. The molecule has 1 fully saturated rings. The van der Waals surface area contributed by atoms with E-state index in [1.54, 1.807) is 19.1 Å². The van der Waals surface area contributed by atoms with E-state index in [4.69, 9.17) is 24.4 Å². The third kappa shape index (κ3) is 11.8. The molecule has 2 aliphatic rings. The van der Waals surface area contributed by atoms with Crippen LogP contribution in [0, 0.1) is 16.7 Å². The van der Waals surface area contributed by atoms with E-state index in [2.05, 4.69) is 50.5 Å². The number of allylic oxidation sites excluding steroid dienone is 1. The van der Waals surface area contributed by atoms with Crippen molar-refractivity contribution in [1.29, 1.82) is 0 Å². The number of fused-ring (bicyclic) bond motifs is 2. The van der Waals surface area contributed by atoms with Gasteiger partial charge in [0.15, 0.2) is 0 Å². The van der Waals surface area contributed by atoms with Gasteiger partial charge in [0.05, 0.1) is 24.9 Å². The number of amides is 3. The Kier molecular flexibility index (Phi) is 14.7. The largest absolute Gasteiger partial charge is 0.497 e. The van der Waals surface area contributed by atoms with Crippen LogP contribution in [0.2, 0.25) is 0 Å². The lowest BCUT2D eigenvalue weighted by Gasteiger charge is -2.37. The predicted octanol–water partition coefficient (Wildman–Crippen LogP) is 7.71. The number of methoxy groups -OCH3 is 1. The standard InChI is InChI=1S/C37H48N4O4.C2H6.CH2O2/c1-36(2)18-11-10-14-26-20-30(26)39-34(42)29(40-35(43)41(5)24-37(3,4)23-36)17-19-45-33-22-31(25-12-8-7-9-13-25)38-32-21-27(44-6)15-16-28(32)33;1-2;2-1-3/h7-10,12-16,21-22,26,29-30H,11,17-20,23-24H2,1-6H3,(H,39,42)(H,40,43);1-2H3;1H,(H,2,3)/b14-10-;;/t26-,29?,30?;;/m1../s1. The first-order valence-corrected chi connectivity index (χ1v) is 17.6. The SMILES string of the molecule is CC.COc1ccc2c(OCCC3NC(=O)N(C)CC(C)(C)CC(C)(C)CC/C=C\[C@@H]4CC4NC3=O)cc(-c3ccccc3)nc2c1.O=CO. The Balaban J connectivity index is 0.00000128. The van der Waals surface area contributed by atoms with Gasteiger partial charge in [0.25, 0.3) is 6.47 Å². The molecule has 2 aromatic carbocycles. The van der Waals surface area contributed by atoms with Crippen molar-refractivity contribution >= 4 is 29.3 Å². The third-order valence-corrected chi connectivity index (χ3v) is 8.83. The van der Waals surface area contributed by atoms with Gasteiger partial charge in [-0.2, -0.15) is 0 Å². The Morgan fingerprint density at radius 1 is 1.02 bits per heavy atom. The lowest BCUT2D eigenvalue weighted by molar-refractivity contribution is -0.124. The summed E-state index contributed by atoms with van der Waals surface area (Å²) >= 11 is 0. The summed E-state index contributed by atoms with van der Waals surface area (Å²) in [5.74, 6) is 1.53. The topological polar surface area (TPSA) is 130 Å². The number of urea groups is 1. The van der Waals surface area contributed by atoms with Crippen LogP contribution in [0.25, 0.3) is 22.2 Å². The van der Waals surface area contributed by atoms with Crippen LogP contribution in [0.5, 0.6) is 11.5 Å². The zero-order chi connectivity index (χ0) is 36.9. The number of carboxylic acid groups (broad SMARTS) is 1. The Hall–Kier alpha value is -4.60. The van der Waals surface area contributed by atoms with Crippen LogP contribution in [-0.2, 0) is 9.59 Å². The molecule has 3 aromatic rings. The fourth-order valence-corrected chi connectivity index (χ4v) is 6.77. The number of nitrogens with zero attached hydrogens (tertiary/aromatic N) is 2. The van der Waals surface area contributed by atoms with Gasteiger partial charge in [-0.1, -0.05) is 84.0 Å². The number of pyridine rings is 1. The van der Waals surface area contributed by atoms with Gasteiger partial charge in [-0.05, 0) is 54.6 Å². The Labute approximate surface area is 297 Å². The molecule has 1 aliphatic carbocycles. The highest BCUT2D eigenvalue weighted by molar-refractivity contribution is 5.89. The molecule has 3 amide bonds. The summed E-state index contributed by atoms with van der Waals surface area (Å²) < 4.78 is 11.8. The van der Waals surface area contributed by atoms with E-state index in [1.165, 1.54) is 0 Å². The number of rotatable bonds is 6. The molecule has 3 atom stereocenters. The highest BCUT2D eigenvalue weighted by atomic mass is 16.5. The minimum atomic E-state index is -0.737. The van der Waals surface area contributed by atoms with Crippen LogP contribution >= 0.6 is 0 Å². The van der Waals surface area contributed by atoms with E-state index in [1.807, 2.05) is 68.4 Å². The maximum absolute atomic E-state index is 13.5. The third-order valence-electron chi connectivity index (χ3n) is 8.83. The van der Waals surface area contributed by atoms with Crippen molar-refractivity contribution in [2.24, 2.45) is 16.7 Å². The first-order valence-electron chi connectivity index (χ1n) is 17.6. The van der Waals surface area contributed by atoms with Gasteiger partial charge in [0.2, 0.25) is 5.91 Å². The monoisotopic (exact) mass is 688 g/mol. The normalized spacial score (nSPS) is 22.2. The molecule has 10 nitrogen and oxygen atoms in total. The first-order chi connectivity index (χ1) is 23.8. The summed E-state index contributed by atoms with van der Waals surface area (Å²) in [6.45, 7) is 13.6. The second-order valence-corrected chi connectivity index (χ2v) is 14.3. The molecular weight excluding hydrogens is 632 g/mol. The van der Waals surface area contributed by atoms with Crippen molar-refractivity contribution in [2.45, 2.75) is 85.7 Å². The Bertz CT molecular complexity index is 1590. The Morgan fingerprint density at radius 2 is 1.72 bits per heavy atom. The smallest absolute Gasteiger partial charge is 0.317 e. The summed E-state index contributed by atoms with van der Waals surface area (Å²) in [6, 6.07) is 16.7. The van der Waals surface area contributed by atoms with Crippen LogP contribution in [0.3, 0.4) is 0 Å². The average Bonchev–Trinajstić information content (AvgIpc) is 3.83. The molecule has 272 valence electrons. The average molecular weight is 689 g/mol. The number of nitrogens with one attached hydrogen (secondary N) is 2. The van der Waals surface area contributed by atoms with Crippen molar-refractivity contribution in [1.82, 2.24) is 20.5 Å². The van der Waals surface area contributed by atoms with Gasteiger partial charge in [-0.15, -0.1) is 0 Å². The van der Waals surface area contributed by atoms with Crippen LogP contribution in [0.15, 0.2) is 66.7 Å². The fourth-order valence-electron chi connectivity index (χ4n) is 6.77. The van der Waals surface area contributed by atoms with E-state index in [9.17, 15) is 9.59 Å². The molecule has 0 saturated heterocycles. The van der Waals surface area contributed by atoms with E-state index in [-0.39, 0.29) is 41.9 Å². The number of ether oxygens (including phenoxy) is 2. The molecule has 0 bridgehead atoms. The van der Waals surface area contributed by atoms with E-state index in [0.717, 1.165) is 47.8 Å². The van der Waals surface area contributed by atoms with Crippen molar-refractivity contribution in [2.75, 3.05) is 27.3 Å². The van der Waals surface area contributed by atoms with Gasteiger partial charge in [-0.25, -0.2) is 9.78 Å². The van der Waals surface area contributed by atoms with Crippen LogP contribution in [-0.4, -0.2) is 72.8 Å². The summed E-state index contributed by atoms with van der Waals surface area (Å²) in [7, 11) is 3.44. The molecule has 1 saturated carbocycles. The predicted molar refractivity (Wildman–Crippen MR) is 199 cm³/mol. The van der Waals surface area contributed by atoms with E-state index >= 15 is 0 Å². The molecule has 1 aliphatic heterocycles. The first kappa shape index (κ1) is 39.8. The van der Waals surface area contributed by atoms with E-state index in [0.29, 0.717) is 30.4 Å². The minimum Gasteiger partial charge on any atom is -0.497 e. The number of carbonyl (C=O) groups excluding carboxylic acids is 2. The lowest BCUT2D eigenvalue weighted by Crippen LogP contribution is -2.52. The number of hydrogen-bond acceptors (Lipinski definition) is 6. The summed E-state index contributed by atoms with van der Waals surface area (Å²) in [4.78, 5) is 41.9. The van der Waals surface area contributed by atoms with Gasteiger partial charge in [0.1, 0.15) is 17.5 Å². The maximum atomic E-state index is 13.5. The highest BCUT2D eigenvalue weighted by Gasteiger charge is 2.38. The van der Waals surface area contributed by atoms with Crippen molar-refractivity contribution in [3.8, 4) is 22.8 Å². The molecule has 0 spiro atoms. The second-order valence-electron chi connectivity index (χ2n) is 14.3. The highest BCUT2D eigenvalue weighted by Crippen LogP contribution is 2.38. The van der Waals surface area contributed by atoms with Gasteiger partial charge in [-0.3, -0.25) is 9.59 Å². The van der Waals surface area contributed by atoms with Crippen molar-refractivity contribution in [3.05, 3.63) is 66.7 Å². The maximum Gasteiger partial charge on any atom is 0.317 e. The number of benzene rings is 2. The van der Waals surface area contributed by atoms with Gasteiger partial charge < -0.3 is 30.1 Å². The molecule has 50 heavy (non-hydrogen) atoms. The fraction of sp³-hybridized carbons (Fsp3) is 0.500. The summed E-state index contributed by atoms with van der Waals surface area (Å²) in [5.41, 5.74) is 2.57. The van der Waals surface area contributed by atoms with Crippen LogP contribution in [0.4, 0.5) is 4.79 Å². The van der Waals surface area contributed by atoms with Crippen molar-refractivity contribution < 1.29 is 29.0 Å². The molecule has 0 radical (unpaired) electrons. The zero-order valence-corrected chi connectivity index (χ0v) is 31.0. The number of hydrogen-bond donors (Lipinski definition) is 3.